The number of benzene rings is 1. The van der Waals surface area contributed by atoms with Gasteiger partial charge < -0.3 is 10.6 Å². The highest BCUT2D eigenvalue weighted by Gasteiger charge is 2.38. The van der Waals surface area contributed by atoms with Gasteiger partial charge in [-0.25, -0.2) is 4.39 Å². The van der Waals surface area contributed by atoms with Crippen LogP contribution in [0.15, 0.2) is 36.9 Å². The molecule has 108 valence electrons. The minimum atomic E-state index is -0.258. The van der Waals surface area contributed by atoms with Crippen LogP contribution in [0.1, 0.15) is 38.2 Å². The first kappa shape index (κ1) is 14.6. The summed E-state index contributed by atoms with van der Waals surface area (Å²) in [6.45, 7) is 10.1. The largest absolute Gasteiger partial charge is 0.388 e. The lowest BCUT2D eigenvalue weighted by molar-refractivity contribution is 0.322. The zero-order valence-electron chi connectivity index (χ0n) is 12.4. The molecule has 2 nitrogen and oxygen atoms in total. The Morgan fingerprint density at radius 3 is 2.50 bits per heavy atom. The standard InChI is InChI=1S/C17H23FN2/c1-5-12(2)17(9-6-10-17)20-14-7-8-15(13(3)19-4)16(18)11-14/h7-8,11,19-20H,2-3,5-6,9-10H2,1,4H3. The van der Waals surface area contributed by atoms with E-state index in [1.54, 1.807) is 19.2 Å². The normalized spacial score (nSPS) is 16.1. The molecule has 20 heavy (non-hydrogen) atoms. The van der Waals surface area contributed by atoms with Crippen molar-refractivity contribution in [2.24, 2.45) is 0 Å². The van der Waals surface area contributed by atoms with Gasteiger partial charge in [0.2, 0.25) is 0 Å². The monoisotopic (exact) mass is 274 g/mol. The van der Waals surface area contributed by atoms with E-state index < -0.39 is 0 Å². The predicted molar refractivity (Wildman–Crippen MR) is 84.1 cm³/mol. The fraction of sp³-hybridized carbons (Fsp3) is 0.412. The summed E-state index contributed by atoms with van der Waals surface area (Å²) in [5.74, 6) is -0.258. The highest BCUT2D eigenvalue weighted by Crippen LogP contribution is 2.41. The van der Waals surface area contributed by atoms with E-state index in [9.17, 15) is 4.39 Å². The van der Waals surface area contributed by atoms with Crippen LogP contribution in [0.4, 0.5) is 10.1 Å². The van der Waals surface area contributed by atoms with Crippen LogP contribution >= 0.6 is 0 Å². The fourth-order valence-electron chi connectivity index (χ4n) is 2.68. The minimum Gasteiger partial charge on any atom is -0.388 e. The molecule has 3 heteroatoms. The molecule has 1 aromatic rings. The SMILES string of the molecule is C=C(NC)c1ccc(NC2(C(=C)CC)CCC2)cc1F. The molecule has 0 amide bonds. The van der Waals surface area contributed by atoms with Crippen molar-refractivity contribution < 1.29 is 4.39 Å². The highest BCUT2D eigenvalue weighted by molar-refractivity contribution is 5.65. The number of hydrogen-bond donors (Lipinski definition) is 2. The van der Waals surface area contributed by atoms with Crippen molar-refractivity contribution in [3.8, 4) is 0 Å². The van der Waals surface area contributed by atoms with E-state index in [0.29, 0.717) is 11.3 Å². The van der Waals surface area contributed by atoms with Crippen LogP contribution in [-0.2, 0) is 0 Å². The predicted octanol–water partition coefficient (Wildman–Crippen LogP) is 4.32. The topological polar surface area (TPSA) is 24.1 Å². The van der Waals surface area contributed by atoms with Crippen molar-refractivity contribution in [2.45, 2.75) is 38.1 Å². The van der Waals surface area contributed by atoms with Gasteiger partial charge in [0.1, 0.15) is 5.82 Å². The number of hydrogen-bond acceptors (Lipinski definition) is 2. The van der Waals surface area contributed by atoms with Crippen LogP contribution in [0.3, 0.4) is 0 Å². The van der Waals surface area contributed by atoms with Crippen molar-refractivity contribution in [3.63, 3.8) is 0 Å². The quantitative estimate of drug-likeness (QED) is 0.755. The van der Waals surface area contributed by atoms with Gasteiger partial charge in [-0.3, -0.25) is 0 Å². The molecule has 0 radical (unpaired) electrons. The van der Waals surface area contributed by atoms with E-state index in [0.717, 1.165) is 24.9 Å². The summed E-state index contributed by atoms with van der Waals surface area (Å²) in [7, 11) is 1.74. The van der Waals surface area contributed by atoms with Gasteiger partial charge in [-0.2, -0.15) is 0 Å². The van der Waals surface area contributed by atoms with Gasteiger partial charge in [0.25, 0.3) is 0 Å². The second-order valence-electron chi connectivity index (χ2n) is 5.44. The average Bonchev–Trinajstić information content (AvgIpc) is 2.41. The maximum atomic E-state index is 14.1. The summed E-state index contributed by atoms with van der Waals surface area (Å²) in [6.07, 6.45) is 4.30. The molecule has 0 bridgehead atoms. The Morgan fingerprint density at radius 1 is 1.35 bits per heavy atom. The molecule has 1 fully saturated rings. The van der Waals surface area contributed by atoms with Gasteiger partial charge in [-0.05, 0) is 43.9 Å². The maximum Gasteiger partial charge on any atom is 0.134 e. The lowest BCUT2D eigenvalue weighted by atomic mass is 9.71. The molecule has 0 saturated heterocycles. The first-order valence-corrected chi connectivity index (χ1v) is 7.15. The first-order chi connectivity index (χ1) is 9.52. The summed E-state index contributed by atoms with van der Waals surface area (Å²) < 4.78 is 14.1. The van der Waals surface area contributed by atoms with E-state index in [2.05, 4.69) is 30.7 Å². The van der Waals surface area contributed by atoms with Crippen molar-refractivity contribution in [1.29, 1.82) is 0 Å². The van der Waals surface area contributed by atoms with Crippen LogP contribution in [0.25, 0.3) is 5.70 Å². The van der Waals surface area contributed by atoms with Gasteiger partial charge >= 0.3 is 0 Å². The van der Waals surface area contributed by atoms with Gasteiger partial charge in [0.15, 0.2) is 0 Å². The number of nitrogens with one attached hydrogen (secondary N) is 2. The molecular formula is C17H23FN2. The third kappa shape index (κ3) is 2.58. The van der Waals surface area contributed by atoms with Gasteiger partial charge in [-0.1, -0.05) is 25.7 Å². The molecule has 2 N–H and O–H groups in total. The Labute approximate surface area is 120 Å². The van der Waals surface area contributed by atoms with E-state index in [1.807, 2.05) is 6.07 Å². The van der Waals surface area contributed by atoms with E-state index in [4.69, 9.17) is 0 Å². The zero-order valence-corrected chi connectivity index (χ0v) is 12.4. The summed E-state index contributed by atoms with van der Waals surface area (Å²) in [6, 6.07) is 5.21. The van der Waals surface area contributed by atoms with Crippen molar-refractivity contribution in [2.75, 3.05) is 12.4 Å². The van der Waals surface area contributed by atoms with E-state index in [1.165, 1.54) is 12.0 Å². The van der Waals surface area contributed by atoms with Gasteiger partial charge in [0.05, 0.1) is 5.54 Å². The number of anilines is 1. The molecule has 1 aliphatic rings. The Bertz CT molecular complexity index is 530. The third-order valence-electron chi connectivity index (χ3n) is 4.29. The summed E-state index contributed by atoms with van der Waals surface area (Å²) >= 11 is 0. The Kier molecular flexibility index (Phi) is 4.17. The molecular weight excluding hydrogens is 251 g/mol. The molecule has 0 spiro atoms. The summed E-state index contributed by atoms with van der Waals surface area (Å²) in [4.78, 5) is 0. The molecule has 0 aromatic heterocycles. The Balaban J connectivity index is 2.20. The summed E-state index contributed by atoms with van der Waals surface area (Å²) in [5, 5.41) is 6.35. The second-order valence-corrected chi connectivity index (χ2v) is 5.44. The summed E-state index contributed by atoms with van der Waals surface area (Å²) in [5.41, 5.74) is 3.07. The number of halogens is 1. The van der Waals surface area contributed by atoms with Crippen LogP contribution in [0, 0.1) is 5.82 Å². The lowest BCUT2D eigenvalue weighted by Gasteiger charge is -2.45. The molecule has 0 unspecified atom stereocenters. The van der Waals surface area contributed by atoms with Crippen LogP contribution < -0.4 is 10.6 Å². The van der Waals surface area contributed by atoms with Crippen LogP contribution in [0.5, 0.6) is 0 Å². The van der Waals surface area contributed by atoms with Gasteiger partial charge in [0, 0.05) is 24.0 Å². The van der Waals surface area contributed by atoms with E-state index in [-0.39, 0.29) is 11.4 Å². The van der Waals surface area contributed by atoms with Crippen molar-refractivity contribution >= 4 is 11.4 Å². The molecule has 1 aliphatic carbocycles. The Morgan fingerprint density at radius 2 is 2.05 bits per heavy atom. The van der Waals surface area contributed by atoms with Crippen LogP contribution in [-0.4, -0.2) is 12.6 Å². The molecule has 0 aliphatic heterocycles. The molecule has 2 rings (SSSR count). The van der Waals surface area contributed by atoms with Crippen molar-refractivity contribution in [3.05, 3.63) is 48.3 Å². The molecule has 1 saturated carbocycles. The maximum absolute atomic E-state index is 14.1. The second kappa shape index (κ2) is 5.70. The minimum absolute atomic E-state index is 0.0390. The first-order valence-electron chi connectivity index (χ1n) is 7.15. The average molecular weight is 274 g/mol. The van der Waals surface area contributed by atoms with E-state index >= 15 is 0 Å². The molecule has 0 heterocycles. The number of rotatable bonds is 6. The van der Waals surface area contributed by atoms with Crippen LogP contribution in [0.2, 0.25) is 0 Å². The van der Waals surface area contributed by atoms with Crippen molar-refractivity contribution in [1.82, 2.24) is 5.32 Å². The fourth-order valence-corrected chi connectivity index (χ4v) is 2.68. The Hall–Kier alpha value is -1.77. The highest BCUT2D eigenvalue weighted by atomic mass is 19.1. The van der Waals surface area contributed by atoms with Gasteiger partial charge in [-0.15, -0.1) is 0 Å². The zero-order chi connectivity index (χ0) is 14.8. The lowest BCUT2D eigenvalue weighted by Crippen LogP contribution is -2.46. The smallest absolute Gasteiger partial charge is 0.134 e. The molecule has 1 aromatic carbocycles. The molecule has 0 atom stereocenters. The third-order valence-corrected chi connectivity index (χ3v) is 4.29.